The van der Waals surface area contributed by atoms with E-state index in [1.807, 2.05) is 4.90 Å². The largest absolute Gasteiger partial charge is 0.501 e. The summed E-state index contributed by atoms with van der Waals surface area (Å²) < 4.78 is 69.2. The molecule has 2 aromatic carbocycles. The van der Waals surface area contributed by atoms with Crippen LogP contribution in [-0.2, 0) is 9.84 Å². The predicted molar refractivity (Wildman–Crippen MR) is 106 cm³/mol. The molecule has 2 aliphatic heterocycles. The van der Waals surface area contributed by atoms with E-state index in [0.29, 0.717) is 30.4 Å². The van der Waals surface area contributed by atoms with Crippen LogP contribution in [0.2, 0.25) is 0 Å². The SMILES string of the molecule is CCN1CCN(C2=Nc3ccccc3Oc3ccc(S(=O)(=O)C(F)(F)F)cc32)CC1. The zero-order chi connectivity index (χ0) is 21.5. The first-order valence-corrected chi connectivity index (χ1v) is 11.0. The zero-order valence-corrected chi connectivity index (χ0v) is 17.0. The Hall–Kier alpha value is -2.59. The van der Waals surface area contributed by atoms with Crippen molar-refractivity contribution in [2.24, 2.45) is 4.99 Å². The van der Waals surface area contributed by atoms with Gasteiger partial charge in [0.2, 0.25) is 0 Å². The highest BCUT2D eigenvalue weighted by atomic mass is 32.2. The number of likely N-dealkylation sites (N-methyl/N-ethyl adjacent to an activating group) is 1. The van der Waals surface area contributed by atoms with Crippen LogP contribution in [0.25, 0.3) is 0 Å². The van der Waals surface area contributed by atoms with Gasteiger partial charge in [-0.25, -0.2) is 13.4 Å². The van der Waals surface area contributed by atoms with Gasteiger partial charge in [0.05, 0.1) is 10.5 Å². The van der Waals surface area contributed by atoms with Gasteiger partial charge in [-0.05, 0) is 36.9 Å². The summed E-state index contributed by atoms with van der Waals surface area (Å²) in [6.07, 6.45) is 0. The monoisotopic (exact) mass is 439 g/mol. The van der Waals surface area contributed by atoms with E-state index in [2.05, 4.69) is 16.8 Å². The van der Waals surface area contributed by atoms with Crippen LogP contribution < -0.4 is 4.74 Å². The molecule has 0 atom stereocenters. The van der Waals surface area contributed by atoms with E-state index in [1.165, 1.54) is 6.07 Å². The summed E-state index contributed by atoms with van der Waals surface area (Å²) in [6, 6.07) is 10.2. The number of amidine groups is 1. The molecule has 160 valence electrons. The molecular weight excluding hydrogens is 419 g/mol. The molecule has 0 N–H and O–H groups in total. The van der Waals surface area contributed by atoms with Crippen molar-refractivity contribution in [3.05, 3.63) is 48.0 Å². The van der Waals surface area contributed by atoms with E-state index in [0.717, 1.165) is 31.8 Å². The number of halogens is 3. The molecular formula is C20H20F3N3O3S. The molecule has 0 aliphatic carbocycles. The van der Waals surface area contributed by atoms with E-state index >= 15 is 0 Å². The second-order valence-corrected chi connectivity index (χ2v) is 8.97. The van der Waals surface area contributed by atoms with Gasteiger partial charge in [0.15, 0.2) is 5.75 Å². The molecule has 0 spiro atoms. The maximum Gasteiger partial charge on any atom is 0.501 e. The molecule has 2 aliphatic rings. The lowest BCUT2D eigenvalue weighted by Gasteiger charge is -2.36. The highest BCUT2D eigenvalue weighted by Crippen LogP contribution is 2.40. The molecule has 4 rings (SSSR count). The standard InChI is InChI=1S/C20H20F3N3O3S/c1-2-25-9-11-26(12-10-25)19-15-13-14(30(27,28)20(21,22)23)7-8-17(15)29-18-6-4-3-5-16(18)24-19/h3-8,13H,2,9-12H2,1H3. The second-order valence-electron chi connectivity index (χ2n) is 7.03. The number of piperazine rings is 1. The average Bonchev–Trinajstić information content (AvgIpc) is 2.89. The van der Waals surface area contributed by atoms with E-state index in [-0.39, 0.29) is 11.3 Å². The topological polar surface area (TPSA) is 62.2 Å². The van der Waals surface area contributed by atoms with Gasteiger partial charge < -0.3 is 14.5 Å². The first-order valence-electron chi connectivity index (χ1n) is 9.49. The van der Waals surface area contributed by atoms with Gasteiger partial charge in [0, 0.05) is 26.2 Å². The summed E-state index contributed by atoms with van der Waals surface area (Å²) in [4.78, 5) is 8.05. The number of fused-ring (bicyclic) bond motifs is 2. The Morgan fingerprint density at radius 2 is 1.73 bits per heavy atom. The second kappa shape index (κ2) is 7.59. The van der Waals surface area contributed by atoms with Crippen molar-refractivity contribution in [3.8, 4) is 11.5 Å². The number of hydrogen-bond donors (Lipinski definition) is 0. The van der Waals surface area contributed by atoms with Crippen LogP contribution in [0, 0.1) is 0 Å². The van der Waals surface area contributed by atoms with Gasteiger partial charge in [0.1, 0.15) is 17.3 Å². The Bertz CT molecular complexity index is 1090. The Morgan fingerprint density at radius 1 is 1.03 bits per heavy atom. The molecule has 1 saturated heterocycles. The normalized spacial score (nSPS) is 17.5. The number of aliphatic imine (C=N–C) groups is 1. The first-order chi connectivity index (χ1) is 14.2. The van der Waals surface area contributed by atoms with E-state index in [1.54, 1.807) is 24.3 Å². The molecule has 0 bridgehead atoms. The number of para-hydroxylation sites is 2. The Kier molecular flexibility index (Phi) is 5.23. The number of benzene rings is 2. The number of nitrogens with zero attached hydrogens (tertiary/aromatic N) is 3. The summed E-state index contributed by atoms with van der Waals surface area (Å²) >= 11 is 0. The van der Waals surface area contributed by atoms with Crippen molar-refractivity contribution in [1.82, 2.24) is 9.80 Å². The maximum atomic E-state index is 13.1. The van der Waals surface area contributed by atoms with Crippen molar-refractivity contribution in [2.45, 2.75) is 17.3 Å². The molecule has 0 radical (unpaired) electrons. The van der Waals surface area contributed by atoms with Gasteiger partial charge in [-0.15, -0.1) is 0 Å². The molecule has 2 heterocycles. The molecule has 30 heavy (non-hydrogen) atoms. The highest BCUT2D eigenvalue weighted by Gasteiger charge is 2.47. The molecule has 1 fully saturated rings. The average molecular weight is 439 g/mol. The smallest absolute Gasteiger partial charge is 0.454 e. The van der Waals surface area contributed by atoms with Crippen molar-refractivity contribution in [3.63, 3.8) is 0 Å². The fraction of sp³-hybridized carbons (Fsp3) is 0.350. The number of rotatable bonds is 2. The van der Waals surface area contributed by atoms with E-state index in [4.69, 9.17) is 4.74 Å². The molecule has 0 aromatic heterocycles. The van der Waals surface area contributed by atoms with Crippen molar-refractivity contribution >= 4 is 21.4 Å². The molecule has 0 saturated carbocycles. The number of alkyl halides is 3. The van der Waals surface area contributed by atoms with E-state index in [9.17, 15) is 21.6 Å². The highest BCUT2D eigenvalue weighted by molar-refractivity contribution is 7.92. The minimum absolute atomic E-state index is 0.224. The molecule has 0 amide bonds. The molecule has 6 nitrogen and oxygen atoms in total. The van der Waals surface area contributed by atoms with Gasteiger partial charge in [-0.3, -0.25) is 0 Å². The summed E-state index contributed by atoms with van der Waals surface area (Å²) in [6.45, 7) is 5.74. The van der Waals surface area contributed by atoms with E-state index < -0.39 is 20.2 Å². The van der Waals surface area contributed by atoms with Gasteiger partial charge in [0.25, 0.3) is 9.84 Å². The third-order valence-corrected chi connectivity index (χ3v) is 6.72. The molecule has 2 aromatic rings. The number of hydrogen-bond acceptors (Lipinski definition) is 6. The zero-order valence-electron chi connectivity index (χ0n) is 16.2. The van der Waals surface area contributed by atoms with Crippen LogP contribution in [-0.4, -0.2) is 62.3 Å². The van der Waals surface area contributed by atoms with Crippen LogP contribution in [0.15, 0.2) is 52.4 Å². The lowest BCUT2D eigenvalue weighted by molar-refractivity contribution is -0.0436. The van der Waals surface area contributed by atoms with Crippen LogP contribution >= 0.6 is 0 Å². The minimum Gasteiger partial charge on any atom is -0.454 e. The third kappa shape index (κ3) is 3.65. The van der Waals surface area contributed by atoms with Crippen LogP contribution in [0.5, 0.6) is 11.5 Å². The fourth-order valence-corrected chi connectivity index (χ4v) is 4.31. The number of ether oxygens (including phenoxy) is 1. The maximum absolute atomic E-state index is 13.1. The Morgan fingerprint density at radius 3 is 2.40 bits per heavy atom. The van der Waals surface area contributed by atoms with Crippen molar-refractivity contribution in [1.29, 1.82) is 0 Å². The van der Waals surface area contributed by atoms with Gasteiger partial charge >= 0.3 is 5.51 Å². The summed E-state index contributed by atoms with van der Waals surface area (Å²) in [5, 5.41) is 0. The molecule has 0 unspecified atom stereocenters. The number of sulfone groups is 1. The fourth-order valence-electron chi connectivity index (χ4n) is 3.52. The lowest BCUT2D eigenvalue weighted by atomic mass is 10.1. The quantitative estimate of drug-likeness (QED) is 0.712. The Balaban J connectivity index is 1.84. The minimum atomic E-state index is -5.49. The summed E-state index contributed by atoms with van der Waals surface area (Å²) in [5.41, 5.74) is -4.64. The molecule has 10 heteroatoms. The summed E-state index contributed by atoms with van der Waals surface area (Å²) in [5.74, 6) is 1.12. The van der Waals surface area contributed by atoms with Crippen molar-refractivity contribution < 1.29 is 26.3 Å². The van der Waals surface area contributed by atoms with Crippen molar-refractivity contribution in [2.75, 3.05) is 32.7 Å². The van der Waals surface area contributed by atoms with Crippen LogP contribution in [0.3, 0.4) is 0 Å². The van der Waals surface area contributed by atoms with Gasteiger partial charge in [-0.2, -0.15) is 13.2 Å². The first kappa shape index (κ1) is 20.7. The lowest BCUT2D eigenvalue weighted by Crippen LogP contribution is -2.48. The van der Waals surface area contributed by atoms with Crippen LogP contribution in [0.4, 0.5) is 18.9 Å². The Labute approximate surface area is 172 Å². The third-order valence-electron chi connectivity index (χ3n) is 5.24. The van der Waals surface area contributed by atoms with Gasteiger partial charge in [-0.1, -0.05) is 19.1 Å². The van der Waals surface area contributed by atoms with Crippen LogP contribution in [0.1, 0.15) is 12.5 Å². The predicted octanol–water partition coefficient (Wildman–Crippen LogP) is 3.80. The summed E-state index contributed by atoms with van der Waals surface area (Å²) in [7, 11) is -5.49.